The van der Waals surface area contributed by atoms with Crippen molar-refractivity contribution >= 4 is 6.02 Å². The van der Waals surface area contributed by atoms with Crippen LogP contribution in [0.3, 0.4) is 0 Å². The largest absolute Gasteiger partial charge is 0.463 e. The van der Waals surface area contributed by atoms with Crippen LogP contribution in [0, 0.1) is 0 Å². The van der Waals surface area contributed by atoms with E-state index >= 15 is 0 Å². The van der Waals surface area contributed by atoms with Crippen molar-refractivity contribution in [2.45, 2.75) is 24.5 Å². The van der Waals surface area contributed by atoms with Crippen molar-refractivity contribution in [3.05, 3.63) is 0 Å². The number of hydrogen-bond acceptors (Lipinski definition) is 7. The molecule has 1 saturated heterocycles. The zero-order valence-electron chi connectivity index (χ0n) is 8.04. The van der Waals surface area contributed by atoms with Gasteiger partial charge in [0.2, 0.25) is 0 Å². The molecule has 0 aromatic heterocycles. The van der Waals surface area contributed by atoms with Gasteiger partial charge >= 0.3 is 0 Å². The van der Waals surface area contributed by atoms with Gasteiger partial charge in [-0.15, -0.1) is 0 Å². The number of aliphatic hydroxyl groups excluding tert-OH is 3. The van der Waals surface area contributed by atoms with Crippen molar-refractivity contribution in [2.75, 3.05) is 19.8 Å². The maximum absolute atomic E-state index is 9.56. The highest BCUT2D eigenvalue weighted by Crippen LogP contribution is 2.19. The maximum Gasteiger partial charge on any atom is 0.286 e. The van der Waals surface area contributed by atoms with Crippen LogP contribution in [0.2, 0.25) is 0 Å². The van der Waals surface area contributed by atoms with Crippen molar-refractivity contribution in [1.82, 2.24) is 5.32 Å². The number of aliphatic imine (C=N–C) groups is 1. The van der Waals surface area contributed by atoms with E-state index in [4.69, 9.17) is 14.6 Å². The molecule has 0 amide bonds. The fourth-order valence-corrected chi connectivity index (χ4v) is 1.56. The maximum atomic E-state index is 9.56. The normalized spacial score (nSPS) is 40.1. The molecular formula is C8H14N2O5. The van der Waals surface area contributed by atoms with Crippen LogP contribution in [0.15, 0.2) is 4.99 Å². The van der Waals surface area contributed by atoms with Gasteiger partial charge in [-0.2, -0.15) is 0 Å². The summed E-state index contributed by atoms with van der Waals surface area (Å²) in [6.07, 6.45) is -3.78. The zero-order chi connectivity index (χ0) is 10.8. The van der Waals surface area contributed by atoms with Crippen LogP contribution in [0.25, 0.3) is 0 Å². The van der Waals surface area contributed by atoms with Gasteiger partial charge in [-0.05, 0) is 0 Å². The first-order valence-corrected chi connectivity index (χ1v) is 4.78. The summed E-state index contributed by atoms with van der Waals surface area (Å²) >= 11 is 0. The Labute approximate surface area is 86.3 Å². The van der Waals surface area contributed by atoms with Crippen LogP contribution in [-0.4, -0.2) is 65.6 Å². The van der Waals surface area contributed by atoms with Crippen molar-refractivity contribution < 1.29 is 24.8 Å². The molecule has 2 heterocycles. The highest BCUT2D eigenvalue weighted by atomic mass is 16.6. The van der Waals surface area contributed by atoms with Crippen LogP contribution < -0.4 is 5.32 Å². The van der Waals surface area contributed by atoms with E-state index in [0.29, 0.717) is 19.2 Å². The third-order valence-corrected chi connectivity index (χ3v) is 2.39. The van der Waals surface area contributed by atoms with Gasteiger partial charge in [0, 0.05) is 0 Å². The number of aliphatic hydroxyl groups is 3. The van der Waals surface area contributed by atoms with Gasteiger partial charge in [-0.25, -0.2) is 4.99 Å². The van der Waals surface area contributed by atoms with Gasteiger partial charge in [0.1, 0.15) is 24.9 Å². The summed E-state index contributed by atoms with van der Waals surface area (Å²) in [5, 5.41) is 30.6. The second kappa shape index (κ2) is 4.31. The minimum Gasteiger partial charge on any atom is -0.463 e. The first-order valence-electron chi connectivity index (χ1n) is 4.78. The quantitative estimate of drug-likeness (QED) is 0.405. The molecule has 0 aromatic carbocycles. The van der Waals surface area contributed by atoms with E-state index in [1.54, 1.807) is 0 Å². The molecule has 0 bridgehead atoms. The lowest BCUT2D eigenvalue weighted by Crippen LogP contribution is -2.43. The standard InChI is InChI=1S/C8H14N2O5/c11-3-4-5(12)6(13)7(15-4)10-8-9-1-2-14-8/h4-7,11-13H,1-3H2,(H,9,10)/t4-,5-,6+,7?/m0/s1. The monoisotopic (exact) mass is 218 g/mol. The minimum atomic E-state index is -1.10. The predicted octanol–water partition coefficient (Wildman–Crippen LogP) is -2.60. The first kappa shape index (κ1) is 10.6. The van der Waals surface area contributed by atoms with E-state index in [0.717, 1.165) is 0 Å². The van der Waals surface area contributed by atoms with E-state index in [1.807, 2.05) is 0 Å². The SMILES string of the molecule is OC[C@@H]1OC(NC2=NCCO2)[C@H](O)[C@H]1O. The van der Waals surface area contributed by atoms with E-state index in [2.05, 4.69) is 10.3 Å². The summed E-state index contributed by atoms with van der Waals surface area (Å²) in [5.41, 5.74) is 0. The van der Waals surface area contributed by atoms with Crippen LogP contribution in [0.4, 0.5) is 0 Å². The lowest BCUT2D eigenvalue weighted by molar-refractivity contribution is -0.0279. The molecule has 86 valence electrons. The molecule has 2 rings (SSSR count). The van der Waals surface area contributed by atoms with E-state index < -0.39 is 24.5 Å². The van der Waals surface area contributed by atoms with Gasteiger partial charge in [0.05, 0.1) is 13.2 Å². The average Bonchev–Trinajstić information content (AvgIpc) is 2.82. The summed E-state index contributed by atoms with van der Waals surface area (Å²) < 4.78 is 10.2. The molecule has 4 atom stereocenters. The molecule has 2 aliphatic heterocycles. The second-order valence-corrected chi connectivity index (χ2v) is 3.44. The highest BCUT2D eigenvalue weighted by Gasteiger charge is 2.43. The highest BCUT2D eigenvalue weighted by molar-refractivity contribution is 5.75. The van der Waals surface area contributed by atoms with Gasteiger partial charge in [-0.3, -0.25) is 0 Å². The van der Waals surface area contributed by atoms with Gasteiger partial charge in [0.25, 0.3) is 6.02 Å². The van der Waals surface area contributed by atoms with Crippen LogP contribution in [-0.2, 0) is 9.47 Å². The zero-order valence-corrected chi connectivity index (χ0v) is 8.04. The molecule has 15 heavy (non-hydrogen) atoms. The number of amidine groups is 1. The summed E-state index contributed by atoms with van der Waals surface area (Å²) in [6.45, 7) is 0.720. The molecule has 0 aliphatic carbocycles. The number of ether oxygens (including phenoxy) is 2. The van der Waals surface area contributed by atoms with Crippen molar-refractivity contribution in [3.8, 4) is 0 Å². The summed E-state index contributed by atoms with van der Waals surface area (Å²) in [4.78, 5) is 3.96. The third-order valence-electron chi connectivity index (χ3n) is 2.39. The molecule has 7 heteroatoms. The number of hydrogen-bond donors (Lipinski definition) is 4. The molecule has 0 aromatic rings. The Morgan fingerprint density at radius 3 is 2.73 bits per heavy atom. The third kappa shape index (κ3) is 2.05. The van der Waals surface area contributed by atoms with Crippen LogP contribution >= 0.6 is 0 Å². The van der Waals surface area contributed by atoms with Crippen molar-refractivity contribution in [1.29, 1.82) is 0 Å². The molecular weight excluding hydrogens is 204 g/mol. The van der Waals surface area contributed by atoms with Crippen LogP contribution in [0.5, 0.6) is 0 Å². The van der Waals surface area contributed by atoms with Crippen molar-refractivity contribution in [2.24, 2.45) is 4.99 Å². The Morgan fingerprint density at radius 2 is 2.20 bits per heavy atom. The van der Waals surface area contributed by atoms with E-state index in [9.17, 15) is 10.2 Å². The Hall–Kier alpha value is -0.890. The number of nitrogens with zero attached hydrogens (tertiary/aromatic N) is 1. The Bertz CT molecular complexity index is 259. The summed E-state index contributed by atoms with van der Waals surface area (Å²) in [6, 6.07) is 0.296. The summed E-state index contributed by atoms with van der Waals surface area (Å²) in [7, 11) is 0. The second-order valence-electron chi connectivity index (χ2n) is 3.44. The molecule has 0 saturated carbocycles. The lowest BCUT2D eigenvalue weighted by atomic mass is 10.1. The molecule has 4 N–H and O–H groups in total. The predicted molar refractivity (Wildman–Crippen MR) is 49.2 cm³/mol. The average molecular weight is 218 g/mol. The molecule has 0 radical (unpaired) electrons. The fourth-order valence-electron chi connectivity index (χ4n) is 1.56. The summed E-state index contributed by atoms with van der Waals surface area (Å²) in [5.74, 6) is 0. The Kier molecular flexibility index (Phi) is 3.06. The number of nitrogens with one attached hydrogen (secondary N) is 1. The molecule has 7 nitrogen and oxygen atoms in total. The Morgan fingerprint density at radius 1 is 1.40 bits per heavy atom. The van der Waals surface area contributed by atoms with E-state index in [1.165, 1.54) is 0 Å². The van der Waals surface area contributed by atoms with Gasteiger partial charge in [-0.1, -0.05) is 0 Å². The van der Waals surface area contributed by atoms with E-state index in [-0.39, 0.29) is 6.61 Å². The Balaban J connectivity index is 1.93. The van der Waals surface area contributed by atoms with Crippen molar-refractivity contribution in [3.63, 3.8) is 0 Å². The minimum absolute atomic E-state index is 0.296. The van der Waals surface area contributed by atoms with Gasteiger partial charge < -0.3 is 30.1 Å². The molecule has 0 spiro atoms. The number of rotatable bonds is 2. The first-order chi connectivity index (χ1) is 7.22. The topological polar surface area (TPSA) is 104 Å². The molecule has 2 aliphatic rings. The lowest BCUT2D eigenvalue weighted by Gasteiger charge is -2.16. The van der Waals surface area contributed by atoms with Gasteiger partial charge in [0.15, 0.2) is 6.23 Å². The molecule has 1 fully saturated rings. The molecule has 1 unspecified atom stereocenters. The smallest absolute Gasteiger partial charge is 0.286 e. The van der Waals surface area contributed by atoms with Crippen LogP contribution in [0.1, 0.15) is 0 Å². The fraction of sp³-hybridized carbons (Fsp3) is 0.875.